The normalized spacial score (nSPS) is 35.0. The summed E-state index contributed by atoms with van der Waals surface area (Å²) in [4.78, 5) is 3.75. The van der Waals surface area contributed by atoms with E-state index in [1.807, 2.05) is 0 Å². The van der Waals surface area contributed by atoms with Crippen molar-refractivity contribution in [2.45, 2.75) is 51.0 Å². The Morgan fingerprint density at radius 2 is 2.04 bits per heavy atom. The first-order chi connectivity index (χ1) is 10.9. The summed E-state index contributed by atoms with van der Waals surface area (Å²) < 4.78 is 0. The summed E-state index contributed by atoms with van der Waals surface area (Å²) in [6, 6.07) is 9.23. The van der Waals surface area contributed by atoms with E-state index in [1.165, 1.54) is 29.4 Å². The number of quaternary nitrogens is 1. The van der Waals surface area contributed by atoms with Crippen molar-refractivity contribution >= 4 is 10.9 Å². The van der Waals surface area contributed by atoms with Crippen molar-refractivity contribution in [1.82, 2.24) is 4.98 Å². The van der Waals surface area contributed by atoms with Gasteiger partial charge in [0.2, 0.25) is 0 Å². The van der Waals surface area contributed by atoms with Gasteiger partial charge in [0.15, 0.2) is 0 Å². The molecule has 23 heavy (non-hydrogen) atoms. The number of nitrogens with one attached hydrogen (secondary N) is 1. The Labute approximate surface area is 139 Å². The lowest BCUT2D eigenvalue weighted by Gasteiger charge is -2.48. The first-order valence-electron chi connectivity index (χ1n) is 8.81. The van der Waals surface area contributed by atoms with E-state index in [4.69, 9.17) is 0 Å². The third-order valence-electron chi connectivity index (χ3n) is 6.95. The standard InChI is InChI=1S/C21H28N2/c1-6-21(4)12-11-14-17(19(21)22-5)16-13-9-7-8-10-15(13)23-18(16)20(14,2)3/h6-10,14,17,19,23H,1,5,11-12,22H2,2-4H3. The maximum Gasteiger partial charge on any atom is 0.0782 e. The Hall–Kier alpha value is -1.54. The molecule has 0 amide bonds. The van der Waals surface area contributed by atoms with E-state index in [1.54, 1.807) is 5.56 Å². The second-order valence-electron chi connectivity index (χ2n) is 8.32. The predicted octanol–water partition coefficient (Wildman–Crippen LogP) is 3.87. The summed E-state index contributed by atoms with van der Waals surface area (Å²) in [5.41, 5.74) is 4.63. The van der Waals surface area contributed by atoms with Gasteiger partial charge in [-0.3, -0.25) is 0 Å². The zero-order valence-electron chi connectivity index (χ0n) is 14.5. The van der Waals surface area contributed by atoms with Crippen molar-refractivity contribution in [3.63, 3.8) is 0 Å². The summed E-state index contributed by atoms with van der Waals surface area (Å²) >= 11 is 0. The second kappa shape index (κ2) is 4.73. The molecule has 3 N–H and O–H groups in total. The fraction of sp³-hybridized carbons (Fsp3) is 0.476. The molecule has 0 saturated heterocycles. The summed E-state index contributed by atoms with van der Waals surface area (Å²) in [6.07, 6.45) is 4.65. The lowest BCUT2D eigenvalue weighted by molar-refractivity contribution is -0.654. The van der Waals surface area contributed by atoms with Gasteiger partial charge in [-0.1, -0.05) is 45.0 Å². The molecule has 2 aliphatic rings. The minimum Gasteiger partial charge on any atom is -0.475 e. The van der Waals surface area contributed by atoms with Gasteiger partial charge in [0, 0.05) is 33.3 Å². The van der Waals surface area contributed by atoms with Gasteiger partial charge in [0.05, 0.1) is 6.04 Å². The van der Waals surface area contributed by atoms with Crippen LogP contribution in [-0.4, -0.2) is 11.0 Å². The Morgan fingerprint density at radius 3 is 2.74 bits per heavy atom. The van der Waals surface area contributed by atoms with E-state index in [0.29, 0.717) is 17.9 Å². The molecule has 1 heterocycles. The first kappa shape index (κ1) is 15.0. The van der Waals surface area contributed by atoms with Gasteiger partial charge in [-0.2, -0.15) is 7.05 Å². The van der Waals surface area contributed by atoms with Crippen LogP contribution in [0.2, 0.25) is 0 Å². The predicted molar refractivity (Wildman–Crippen MR) is 96.2 cm³/mol. The van der Waals surface area contributed by atoms with Crippen LogP contribution in [0.25, 0.3) is 10.9 Å². The van der Waals surface area contributed by atoms with E-state index < -0.39 is 0 Å². The molecular formula is C21H28N2. The number of nitrogens with two attached hydrogens (primary N) is 1. The molecule has 0 radical (unpaired) electrons. The molecule has 1 fully saturated rings. The number of aromatic nitrogens is 1. The van der Waals surface area contributed by atoms with Gasteiger partial charge >= 0.3 is 0 Å². The van der Waals surface area contributed by atoms with Crippen LogP contribution in [0, 0.1) is 18.4 Å². The number of hydrogen-bond donors (Lipinski definition) is 2. The summed E-state index contributed by atoms with van der Waals surface area (Å²) in [7, 11) is 4.22. The zero-order chi connectivity index (χ0) is 16.4. The van der Waals surface area contributed by atoms with Gasteiger partial charge < -0.3 is 10.3 Å². The number of H-pyrrole nitrogens is 1. The van der Waals surface area contributed by atoms with Crippen LogP contribution in [0.4, 0.5) is 0 Å². The van der Waals surface area contributed by atoms with E-state index in [2.05, 4.69) is 75.0 Å². The van der Waals surface area contributed by atoms with Crippen molar-refractivity contribution in [1.29, 1.82) is 0 Å². The lowest BCUT2D eigenvalue weighted by atomic mass is 9.59. The van der Waals surface area contributed by atoms with Crippen LogP contribution in [0.3, 0.4) is 0 Å². The average Bonchev–Trinajstić information content (AvgIpc) is 3.02. The van der Waals surface area contributed by atoms with Crippen LogP contribution in [0.1, 0.15) is 50.8 Å². The van der Waals surface area contributed by atoms with Crippen molar-refractivity contribution in [2.24, 2.45) is 11.3 Å². The molecule has 2 heteroatoms. The minimum absolute atomic E-state index is 0.152. The van der Waals surface area contributed by atoms with Crippen molar-refractivity contribution in [3.8, 4) is 0 Å². The Bertz CT molecular complexity index is 769. The Kier molecular flexibility index (Phi) is 3.09. The van der Waals surface area contributed by atoms with Gasteiger partial charge in [0.25, 0.3) is 0 Å². The van der Waals surface area contributed by atoms with Gasteiger partial charge in [-0.25, -0.2) is 0 Å². The van der Waals surface area contributed by atoms with Crippen LogP contribution >= 0.6 is 0 Å². The minimum atomic E-state index is 0.152. The molecule has 0 aliphatic heterocycles. The molecule has 2 aromatic rings. The zero-order valence-corrected chi connectivity index (χ0v) is 14.5. The molecule has 1 saturated carbocycles. The third-order valence-corrected chi connectivity index (χ3v) is 6.95. The fourth-order valence-electron chi connectivity index (χ4n) is 5.52. The van der Waals surface area contributed by atoms with Crippen molar-refractivity contribution in [3.05, 3.63) is 55.2 Å². The number of fused-ring (bicyclic) bond motifs is 5. The largest absolute Gasteiger partial charge is 0.475 e. The topological polar surface area (TPSA) is 32.4 Å². The third kappa shape index (κ3) is 1.79. The smallest absolute Gasteiger partial charge is 0.0782 e. The van der Waals surface area contributed by atoms with Gasteiger partial charge in [-0.15, -0.1) is 6.58 Å². The maximum absolute atomic E-state index is 4.22. The molecule has 4 atom stereocenters. The second-order valence-corrected chi connectivity index (χ2v) is 8.32. The highest BCUT2D eigenvalue weighted by atomic mass is 14.9. The highest BCUT2D eigenvalue weighted by molar-refractivity contribution is 5.87. The van der Waals surface area contributed by atoms with Gasteiger partial charge in [0.1, 0.15) is 0 Å². The molecule has 1 aromatic carbocycles. The van der Waals surface area contributed by atoms with E-state index >= 15 is 0 Å². The summed E-state index contributed by atoms with van der Waals surface area (Å²) in [5.74, 6) is 1.23. The Morgan fingerprint density at radius 1 is 1.30 bits per heavy atom. The van der Waals surface area contributed by atoms with Crippen LogP contribution in [0.5, 0.6) is 0 Å². The highest BCUT2D eigenvalue weighted by Gasteiger charge is 2.57. The number of benzene rings is 1. The SMILES string of the molecule is C=CC1(C)CCC2C(c3c([nH]c4ccccc34)C2(C)C)C1[NH2+][CH2-]. The molecule has 122 valence electrons. The summed E-state index contributed by atoms with van der Waals surface area (Å²) in [5, 5.41) is 3.61. The van der Waals surface area contributed by atoms with E-state index in [9.17, 15) is 0 Å². The quantitative estimate of drug-likeness (QED) is 0.624. The van der Waals surface area contributed by atoms with E-state index in [0.717, 1.165) is 0 Å². The van der Waals surface area contributed by atoms with Crippen molar-refractivity contribution in [2.75, 3.05) is 0 Å². The molecule has 4 rings (SSSR count). The molecule has 0 spiro atoms. The summed E-state index contributed by atoms with van der Waals surface area (Å²) in [6.45, 7) is 11.4. The number of hydrogen-bond acceptors (Lipinski definition) is 0. The van der Waals surface area contributed by atoms with Gasteiger partial charge in [-0.05, 0) is 30.4 Å². The van der Waals surface area contributed by atoms with Crippen LogP contribution < -0.4 is 5.32 Å². The van der Waals surface area contributed by atoms with Crippen molar-refractivity contribution < 1.29 is 5.32 Å². The molecule has 2 nitrogen and oxygen atoms in total. The highest BCUT2D eigenvalue weighted by Crippen LogP contribution is 2.60. The lowest BCUT2D eigenvalue weighted by Crippen LogP contribution is -2.89. The number of aromatic amines is 1. The van der Waals surface area contributed by atoms with Crippen LogP contribution in [-0.2, 0) is 5.41 Å². The first-order valence-corrected chi connectivity index (χ1v) is 8.81. The fourth-order valence-corrected chi connectivity index (χ4v) is 5.52. The average molecular weight is 308 g/mol. The molecule has 2 aliphatic carbocycles. The van der Waals surface area contributed by atoms with E-state index in [-0.39, 0.29) is 10.8 Å². The maximum atomic E-state index is 4.22. The molecule has 0 bridgehead atoms. The molecule has 4 unspecified atom stereocenters. The van der Waals surface area contributed by atoms with Crippen LogP contribution in [0.15, 0.2) is 36.9 Å². The Balaban J connectivity index is 1.97. The number of para-hydroxylation sites is 1. The molecular weight excluding hydrogens is 280 g/mol. The monoisotopic (exact) mass is 308 g/mol. The molecule has 1 aromatic heterocycles. The number of rotatable bonds is 2.